The first kappa shape index (κ1) is 9.71. The molecule has 4 heteroatoms. The topological polar surface area (TPSA) is 53.2 Å². The molecule has 0 saturated carbocycles. The van der Waals surface area contributed by atoms with E-state index in [4.69, 9.17) is 0 Å². The predicted octanol–water partition coefficient (Wildman–Crippen LogP) is 0.914. The molecule has 1 fully saturated rings. The summed E-state index contributed by atoms with van der Waals surface area (Å²) < 4.78 is 0. The van der Waals surface area contributed by atoms with Crippen molar-refractivity contribution in [1.29, 1.82) is 0 Å². The number of aromatic nitrogens is 1. The van der Waals surface area contributed by atoms with Crippen LogP contribution in [0.2, 0.25) is 0 Å². The molecule has 1 aromatic heterocycles. The van der Waals surface area contributed by atoms with Gasteiger partial charge in [-0.1, -0.05) is 6.08 Å². The van der Waals surface area contributed by atoms with Crippen LogP contribution in [0.5, 0.6) is 0 Å². The van der Waals surface area contributed by atoms with Crippen LogP contribution in [0.1, 0.15) is 6.42 Å². The molecule has 1 N–H and O–H groups in total. The molecule has 2 rings (SSSR count). The van der Waals surface area contributed by atoms with Crippen LogP contribution >= 0.6 is 0 Å². The van der Waals surface area contributed by atoms with Crippen molar-refractivity contribution in [2.75, 3.05) is 11.4 Å². The lowest BCUT2D eigenvalue weighted by Crippen LogP contribution is -2.26. The molecule has 0 bridgehead atoms. The summed E-state index contributed by atoms with van der Waals surface area (Å²) in [5.74, 6) is 0.778. The first-order chi connectivity index (χ1) is 7.20. The molecular formula is C11H12N2O2. The molecule has 2 heterocycles. The third kappa shape index (κ3) is 1.83. The summed E-state index contributed by atoms with van der Waals surface area (Å²) in [4.78, 5) is 27.2. The van der Waals surface area contributed by atoms with Gasteiger partial charge in [0.05, 0.1) is 0 Å². The van der Waals surface area contributed by atoms with Crippen LogP contribution in [-0.2, 0) is 4.79 Å². The standard InChI is InChI=1S/C11H12N2O2/c1-2-8-5-11(15)13(7-8)10-6-9(14)3-4-12-10/h2-4,6,8H,1,5,7H2,(H,12,14). The maximum atomic E-state index is 11.6. The molecule has 1 aliphatic rings. The number of nitrogens with zero attached hydrogens (tertiary/aromatic N) is 1. The average Bonchev–Trinajstić information content (AvgIpc) is 2.60. The Morgan fingerprint density at radius 1 is 1.53 bits per heavy atom. The fourth-order valence-corrected chi connectivity index (χ4v) is 1.72. The number of aromatic amines is 1. The molecule has 0 aromatic carbocycles. The lowest BCUT2D eigenvalue weighted by atomic mass is 10.1. The van der Waals surface area contributed by atoms with Crippen LogP contribution in [-0.4, -0.2) is 17.4 Å². The van der Waals surface area contributed by atoms with Gasteiger partial charge in [-0.3, -0.25) is 14.5 Å². The Hall–Kier alpha value is -1.84. The third-order valence-electron chi connectivity index (χ3n) is 2.54. The first-order valence-electron chi connectivity index (χ1n) is 4.82. The Kier molecular flexibility index (Phi) is 2.41. The van der Waals surface area contributed by atoms with Crippen molar-refractivity contribution < 1.29 is 4.79 Å². The van der Waals surface area contributed by atoms with Crippen molar-refractivity contribution in [3.63, 3.8) is 0 Å². The number of H-pyrrole nitrogens is 1. The minimum Gasteiger partial charge on any atom is -0.348 e. The Morgan fingerprint density at radius 2 is 2.33 bits per heavy atom. The molecule has 0 spiro atoms. The first-order valence-corrected chi connectivity index (χ1v) is 4.82. The van der Waals surface area contributed by atoms with Crippen LogP contribution in [0.3, 0.4) is 0 Å². The molecular weight excluding hydrogens is 192 g/mol. The molecule has 78 valence electrons. The van der Waals surface area contributed by atoms with Gasteiger partial charge in [0.25, 0.3) is 0 Å². The van der Waals surface area contributed by atoms with E-state index in [0.29, 0.717) is 18.8 Å². The highest BCUT2D eigenvalue weighted by Crippen LogP contribution is 2.22. The fourth-order valence-electron chi connectivity index (χ4n) is 1.72. The number of nitrogens with one attached hydrogen (secondary N) is 1. The molecule has 1 atom stereocenters. The number of anilines is 1. The fraction of sp³-hybridized carbons (Fsp3) is 0.273. The van der Waals surface area contributed by atoms with Gasteiger partial charge in [-0.25, -0.2) is 0 Å². The lowest BCUT2D eigenvalue weighted by molar-refractivity contribution is -0.117. The van der Waals surface area contributed by atoms with E-state index in [9.17, 15) is 9.59 Å². The molecule has 1 aromatic rings. The van der Waals surface area contributed by atoms with Gasteiger partial charge < -0.3 is 4.98 Å². The van der Waals surface area contributed by atoms with Crippen LogP contribution in [0.15, 0.2) is 35.8 Å². The molecule has 1 saturated heterocycles. The van der Waals surface area contributed by atoms with Gasteiger partial charge >= 0.3 is 0 Å². The predicted molar refractivity (Wildman–Crippen MR) is 57.7 cm³/mol. The SMILES string of the molecule is C=CC1CC(=O)N(c2cc(=O)cc[nH]2)C1. The molecule has 1 aliphatic heterocycles. The number of hydrogen-bond donors (Lipinski definition) is 1. The van der Waals surface area contributed by atoms with Crippen LogP contribution in [0.25, 0.3) is 0 Å². The van der Waals surface area contributed by atoms with Crippen LogP contribution < -0.4 is 10.3 Å². The van der Waals surface area contributed by atoms with Gasteiger partial charge in [0.15, 0.2) is 5.43 Å². The maximum Gasteiger partial charge on any atom is 0.228 e. The molecule has 4 nitrogen and oxygen atoms in total. The Labute approximate surface area is 87.2 Å². The quantitative estimate of drug-likeness (QED) is 0.728. The highest BCUT2D eigenvalue weighted by atomic mass is 16.2. The zero-order chi connectivity index (χ0) is 10.8. The number of hydrogen-bond acceptors (Lipinski definition) is 2. The highest BCUT2D eigenvalue weighted by Gasteiger charge is 2.28. The van der Waals surface area contributed by atoms with Crippen LogP contribution in [0.4, 0.5) is 5.82 Å². The highest BCUT2D eigenvalue weighted by molar-refractivity contribution is 5.95. The minimum absolute atomic E-state index is 0.0294. The third-order valence-corrected chi connectivity index (χ3v) is 2.54. The van der Waals surface area contributed by atoms with E-state index < -0.39 is 0 Å². The second-order valence-electron chi connectivity index (χ2n) is 3.61. The number of pyridine rings is 1. The van der Waals surface area contributed by atoms with Crippen molar-refractivity contribution >= 4 is 11.7 Å². The largest absolute Gasteiger partial charge is 0.348 e. The summed E-state index contributed by atoms with van der Waals surface area (Å²) in [6, 6.07) is 2.86. The van der Waals surface area contributed by atoms with E-state index in [1.165, 1.54) is 12.1 Å². The van der Waals surface area contributed by atoms with E-state index in [1.54, 1.807) is 17.2 Å². The molecule has 0 aliphatic carbocycles. The Balaban J connectivity index is 2.29. The molecule has 1 unspecified atom stereocenters. The Morgan fingerprint density at radius 3 is 2.93 bits per heavy atom. The monoisotopic (exact) mass is 204 g/mol. The molecule has 1 amide bonds. The summed E-state index contributed by atoms with van der Waals surface area (Å²) in [5, 5.41) is 0. The van der Waals surface area contributed by atoms with Crippen molar-refractivity contribution in [2.24, 2.45) is 5.92 Å². The van der Waals surface area contributed by atoms with Gasteiger partial charge in [0.2, 0.25) is 5.91 Å². The second-order valence-corrected chi connectivity index (χ2v) is 3.61. The summed E-state index contributed by atoms with van der Waals surface area (Å²) in [5.41, 5.74) is -0.0985. The summed E-state index contributed by atoms with van der Waals surface area (Å²) >= 11 is 0. The minimum atomic E-state index is -0.0985. The van der Waals surface area contributed by atoms with Crippen molar-refractivity contribution in [1.82, 2.24) is 4.98 Å². The number of carbonyl (C=O) groups is 1. The summed E-state index contributed by atoms with van der Waals surface area (Å²) in [6.07, 6.45) is 3.80. The number of rotatable bonds is 2. The van der Waals surface area contributed by atoms with Crippen molar-refractivity contribution in [3.05, 3.63) is 41.2 Å². The van der Waals surface area contributed by atoms with E-state index >= 15 is 0 Å². The van der Waals surface area contributed by atoms with Crippen LogP contribution in [0, 0.1) is 5.92 Å². The summed E-state index contributed by atoms with van der Waals surface area (Å²) in [7, 11) is 0. The van der Waals surface area contributed by atoms with Crippen molar-refractivity contribution in [3.8, 4) is 0 Å². The van der Waals surface area contributed by atoms with E-state index in [2.05, 4.69) is 11.6 Å². The van der Waals surface area contributed by atoms with Crippen molar-refractivity contribution in [2.45, 2.75) is 6.42 Å². The molecule has 0 radical (unpaired) electrons. The van der Waals surface area contributed by atoms with E-state index in [-0.39, 0.29) is 17.3 Å². The zero-order valence-corrected chi connectivity index (χ0v) is 8.27. The van der Waals surface area contributed by atoms with E-state index in [1.807, 2.05) is 0 Å². The van der Waals surface area contributed by atoms with E-state index in [0.717, 1.165) is 0 Å². The van der Waals surface area contributed by atoms with Gasteiger partial charge in [-0.05, 0) is 0 Å². The summed E-state index contributed by atoms with van der Waals surface area (Å²) in [6.45, 7) is 4.27. The Bertz CT molecular complexity index is 450. The lowest BCUT2D eigenvalue weighted by Gasteiger charge is -2.14. The van der Waals surface area contributed by atoms with Gasteiger partial charge in [0, 0.05) is 37.2 Å². The normalized spacial score (nSPS) is 20.7. The smallest absolute Gasteiger partial charge is 0.228 e. The average molecular weight is 204 g/mol. The second kappa shape index (κ2) is 3.73. The van der Waals surface area contributed by atoms with Gasteiger partial charge in [0.1, 0.15) is 5.82 Å². The van der Waals surface area contributed by atoms with Gasteiger partial charge in [-0.2, -0.15) is 0 Å². The zero-order valence-electron chi connectivity index (χ0n) is 8.27. The van der Waals surface area contributed by atoms with Gasteiger partial charge in [-0.15, -0.1) is 6.58 Å². The number of amides is 1. The maximum absolute atomic E-state index is 11.6. The molecule has 15 heavy (non-hydrogen) atoms. The number of carbonyl (C=O) groups excluding carboxylic acids is 1.